The lowest BCUT2D eigenvalue weighted by Gasteiger charge is -2.46. The number of rotatable bonds is 8. The van der Waals surface area contributed by atoms with Crippen molar-refractivity contribution < 1.29 is 9.47 Å². The van der Waals surface area contributed by atoms with Crippen LogP contribution in [0.4, 0.5) is 0 Å². The second kappa shape index (κ2) is 7.40. The third-order valence-electron chi connectivity index (χ3n) is 5.55. The van der Waals surface area contributed by atoms with Gasteiger partial charge in [0.2, 0.25) is 0 Å². The van der Waals surface area contributed by atoms with Crippen molar-refractivity contribution >= 4 is 0 Å². The molecule has 3 fully saturated rings. The Bertz CT molecular complexity index is 314. The van der Waals surface area contributed by atoms with Crippen molar-refractivity contribution in [2.75, 3.05) is 46.6 Å². The summed E-state index contributed by atoms with van der Waals surface area (Å²) in [5, 5.41) is 3.92. The van der Waals surface area contributed by atoms with Gasteiger partial charge in [-0.3, -0.25) is 4.90 Å². The largest absolute Gasteiger partial charge is 0.385 e. The first-order chi connectivity index (χ1) is 10.3. The number of nitrogens with zero attached hydrogens (tertiary/aromatic N) is 1. The van der Waals surface area contributed by atoms with E-state index < -0.39 is 0 Å². The first kappa shape index (κ1) is 15.7. The quantitative estimate of drug-likeness (QED) is 0.695. The number of hydrogen-bond acceptors (Lipinski definition) is 4. The van der Waals surface area contributed by atoms with Crippen molar-refractivity contribution in [1.29, 1.82) is 0 Å². The minimum absolute atomic E-state index is 0.432. The Balaban J connectivity index is 1.44. The lowest BCUT2D eigenvalue weighted by atomic mass is 9.91. The zero-order valence-electron chi connectivity index (χ0n) is 13.6. The summed E-state index contributed by atoms with van der Waals surface area (Å²) in [5.41, 5.74) is 0.432. The predicted octanol–water partition coefficient (Wildman–Crippen LogP) is 2.04. The van der Waals surface area contributed by atoms with Gasteiger partial charge in [-0.05, 0) is 38.0 Å². The van der Waals surface area contributed by atoms with Crippen molar-refractivity contribution in [1.82, 2.24) is 10.2 Å². The Morgan fingerprint density at radius 2 is 1.95 bits per heavy atom. The van der Waals surface area contributed by atoms with E-state index >= 15 is 0 Å². The highest BCUT2D eigenvalue weighted by Gasteiger charge is 2.45. The van der Waals surface area contributed by atoms with E-state index in [0.717, 1.165) is 44.7 Å². The van der Waals surface area contributed by atoms with E-state index in [1.807, 2.05) is 0 Å². The standard InChI is InChI=1S/C17H32N2O2/c1-20-10-4-11-21-12-9-19-14-17(7-2-3-8-17)18-13-16(19)15-5-6-15/h15-16,18H,2-14H2,1H3. The molecule has 3 aliphatic rings. The number of ether oxygens (including phenoxy) is 2. The summed E-state index contributed by atoms with van der Waals surface area (Å²) in [6.45, 7) is 6.07. The summed E-state index contributed by atoms with van der Waals surface area (Å²) in [4.78, 5) is 2.75. The molecule has 1 atom stereocenters. The zero-order valence-corrected chi connectivity index (χ0v) is 13.6. The maximum Gasteiger partial charge on any atom is 0.0593 e. The van der Waals surface area contributed by atoms with E-state index in [0.29, 0.717) is 5.54 Å². The molecule has 1 saturated heterocycles. The van der Waals surface area contributed by atoms with Gasteiger partial charge in [-0.15, -0.1) is 0 Å². The van der Waals surface area contributed by atoms with Crippen LogP contribution in [0.2, 0.25) is 0 Å². The van der Waals surface area contributed by atoms with Crippen LogP contribution in [-0.2, 0) is 9.47 Å². The van der Waals surface area contributed by atoms with Crippen molar-refractivity contribution in [2.45, 2.75) is 56.5 Å². The van der Waals surface area contributed by atoms with Gasteiger partial charge in [0.15, 0.2) is 0 Å². The molecule has 0 aromatic rings. The summed E-state index contributed by atoms with van der Waals surface area (Å²) in [7, 11) is 1.75. The van der Waals surface area contributed by atoms with E-state index in [1.54, 1.807) is 7.11 Å². The van der Waals surface area contributed by atoms with Crippen molar-refractivity contribution in [2.24, 2.45) is 5.92 Å². The molecule has 1 spiro atoms. The predicted molar refractivity (Wildman–Crippen MR) is 84.6 cm³/mol. The van der Waals surface area contributed by atoms with E-state index in [2.05, 4.69) is 10.2 Å². The normalized spacial score (nSPS) is 29.3. The lowest BCUT2D eigenvalue weighted by Crippen LogP contribution is -2.64. The van der Waals surface area contributed by atoms with Gasteiger partial charge in [0.25, 0.3) is 0 Å². The molecule has 4 heteroatoms. The molecule has 1 unspecified atom stereocenters. The maximum absolute atomic E-state index is 5.80. The summed E-state index contributed by atoms with van der Waals surface area (Å²) in [5.74, 6) is 0.949. The highest BCUT2D eigenvalue weighted by atomic mass is 16.5. The zero-order chi connectivity index (χ0) is 14.5. The molecule has 2 saturated carbocycles. The van der Waals surface area contributed by atoms with Crippen molar-refractivity contribution in [3.8, 4) is 0 Å². The van der Waals surface area contributed by atoms with Gasteiger partial charge in [0.1, 0.15) is 0 Å². The molecule has 0 bridgehead atoms. The smallest absolute Gasteiger partial charge is 0.0593 e. The molecule has 2 aliphatic carbocycles. The molecule has 1 aliphatic heterocycles. The fourth-order valence-electron chi connectivity index (χ4n) is 4.18. The highest BCUT2D eigenvalue weighted by molar-refractivity contribution is 5.03. The van der Waals surface area contributed by atoms with Crippen LogP contribution in [0.15, 0.2) is 0 Å². The van der Waals surface area contributed by atoms with Crippen LogP contribution in [0.3, 0.4) is 0 Å². The number of methoxy groups -OCH3 is 1. The van der Waals surface area contributed by atoms with E-state index in [-0.39, 0.29) is 0 Å². The number of hydrogen-bond donors (Lipinski definition) is 1. The van der Waals surface area contributed by atoms with Crippen LogP contribution in [0, 0.1) is 5.92 Å². The molecule has 122 valence electrons. The summed E-state index contributed by atoms with van der Waals surface area (Å²) in [6, 6.07) is 0.763. The Labute approximate surface area is 129 Å². The summed E-state index contributed by atoms with van der Waals surface area (Å²) < 4.78 is 10.9. The van der Waals surface area contributed by atoms with Crippen molar-refractivity contribution in [3.63, 3.8) is 0 Å². The second-order valence-electron chi connectivity index (χ2n) is 7.20. The Kier molecular flexibility index (Phi) is 5.54. The molecule has 0 aromatic heterocycles. The Morgan fingerprint density at radius 3 is 2.67 bits per heavy atom. The minimum atomic E-state index is 0.432. The topological polar surface area (TPSA) is 33.7 Å². The molecule has 21 heavy (non-hydrogen) atoms. The average Bonchev–Trinajstić information content (AvgIpc) is 3.24. The molecule has 0 amide bonds. The minimum Gasteiger partial charge on any atom is -0.385 e. The molecular formula is C17H32N2O2. The molecule has 1 heterocycles. The number of nitrogens with one attached hydrogen (secondary N) is 1. The SMILES string of the molecule is COCCCOCCN1CC2(CCCC2)NCC1C1CC1. The third-order valence-corrected chi connectivity index (χ3v) is 5.55. The van der Waals surface area contributed by atoms with E-state index in [9.17, 15) is 0 Å². The Morgan fingerprint density at radius 1 is 1.14 bits per heavy atom. The van der Waals surface area contributed by atoms with Crippen molar-refractivity contribution in [3.05, 3.63) is 0 Å². The average molecular weight is 296 g/mol. The maximum atomic E-state index is 5.80. The van der Waals surface area contributed by atoms with Gasteiger partial charge in [-0.25, -0.2) is 0 Å². The van der Waals surface area contributed by atoms with Crippen LogP contribution in [0.25, 0.3) is 0 Å². The fraction of sp³-hybridized carbons (Fsp3) is 1.00. The van der Waals surface area contributed by atoms with Gasteiger partial charge in [0.05, 0.1) is 6.61 Å². The van der Waals surface area contributed by atoms with Gasteiger partial charge in [-0.1, -0.05) is 12.8 Å². The van der Waals surface area contributed by atoms with Gasteiger partial charge >= 0.3 is 0 Å². The van der Waals surface area contributed by atoms with Crippen LogP contribution in [-0.4, -0.2) is 63.0 Å². The monoisotopic (exact) mass is 296 g/mol. The lowest BCUT2D eigenvalue weighted by molar-refractivity contribution is 0.0301. The molecule has 3 rings (SSSR count). The van der Waals surface area contributed by atoms with Crippen LogP contribution < -0.4 is 5.32 Å². The molecule has 4 nitrogen and oxygen atoms in total. The Hall–Kier alpha value is -0.160. The number of piperazine rings is 1. The molecule has 0 aromatic carbocycles. The van der Waals surface area contributed by atoms with Crippen LogP contribution >= 0.6 is 0 Å². The van der Waals surface area contributed by atoms with E-state index in [1.165, 1.54) is 51.6 Å². The third kappa shape index (κ3) is 4.19. The van der Waals surface area contributed by atoms with Gasteiger partial charge < -0.3 is 14.8 Å². The van der Waals surface area contributed by atoms with Gasteiger partial charge in [-0.2, -0.15) is 0 Å². The fourth-order valence-corrected chi connectivity index (χ4v) is 4.18. The molecule has 0 radical (unpaired) electrons. The first-order valence-electron chi connectivity index (χ1n) is 8.89. The first-order valence-corrected chi connectivity index (χ1v) is 8.89. The second-order valence-corrected chi connectivity index (χ2v) is 7.20. The van der Waals surface area contributed by atoms with Crippen LogP contribution in [0.5, 0.6) is 0 Å². The molecule has 1 N–H and O–H groups in total. The van der Waals surface area contributed by atoms with E-state index in [4.69, 9.17) is 9.47 Å². The highest BCUT2D eigenvalue weighted by Crippen LogP contribution is 2.40. The van der Waals surface area contributed by atoms with Gasteiger partial charge in [0, 0.05) is 51.5 Å². The molecular weight excluding hydrogens is 264 g/mol. The summed E-state index contributed by atoms with van der Waals surface area (Å²) >= 11 is 0. The summed E-state index contributed by atoms with van der Waals surface area (Å²) in [6.07, 6.45) is 9.43. The van der Waals surface area contributed by atoms with Crippen LogP contribution in [0.1, 0.15) is 44.9 Å².